The van der Waals surface area contributed by atoms with E-state index in [9.17, 15) is 23.6 Å². The average Bonchev–Trinajstić information content (AvgIpc) is 3.55. The van der Waals surface area contributed by atoms with Gasteiger partial charge in [-0.3, -0.25) is 19.2 Å². The number of likely N-dealkylation sites (tertiary alicyclic amines) is 1. The van der Waals surface area contributed by atoms with E-state index in [1.165, 1.54) is 12.3 Å². The minimum atomic E-state index is -2.88. The number of nitriles is 1. The number of amides is 2. The van der Waals surface area contributed by atoms with E-state index in [0.717, 1.165) is 18.4 Å². The molecule has 1 aliphatic carbocycles. The molecule has 2 heterocycles. The first-order valence-electron chi connectivity index (χ1n) is 11.1. The van der Waals surface area contributed by atoms with Crippen molar-refractivity contribution < 1.29 is 23.1 Å². The fourth-order valence-electron chi connectivity index (χ4n) is 4.29. The Bertz CT molecular complexity index is 1100. The van der Waals surface area contributed by atoms with Crippen molar-refractivity contribution in [2.75, 3.05) is 18.4 Å². The first kappa shape index (κ1) is 23.6. The third-order valence-electron chi connectivity index (χ3n) is 6.38. The van der Waals surface area contributed by atoms with Crippen molar-refractivity contribution in [1.82, 2.24) is 14.7 Å². The standard InChI is InChI=1S/C23H26F2N6O3/c24-22(25)34-17-3-1-2-15(12-17)13-30-10-7-23(6-9-26,8-11-30)31-14-18(19(27)32)20(29-31)28-21(33)16-4-5-16/h1-3,12,14,16,22H,4-8,10-11,13H2,(H2,27,32)(H,28,29,33). The number of primary amides is 1. The Morgan fingerprint density at radius 1 is 1.32 bits per heavy atom. The number of benzene rings is 1. The molecule has 0 atom stereocenters. The number of nitrogens with one attached hydrogen (secondary N) is 1. The summed E-state index contributed by atoms with van der Waals surface area (Å²) in [6.45, 7) is -1.10. The van der Waals surface area contributed by atoms with Crippen LogP contribution in [0.15, 0.2) is 30.5 Å². The zero-order chi connectivity index (χ0) is 24.3. The number of hydrogen-bond donors (Lipinski definition) is 2. The van der Waals surface area contributed by atoms with Crippen molar-refractivity contribution >= 4 is 17.6 Å². The number of aromatic nitrogens is 2. The highest BCUT2D eigenvalue weighted by Gasteiger charge is 2.39. The molecule has 0 bridgehead atoms. The summed E-state index contributed by atoms with van der Waals surface area (Å²) in [6.07, 6.45) is 4.46. The van der Waals surface area contributed by atoms with Crippen LogP contribution in [0, 0.1) is 17.2 Å². The molecule has 1 aromatic heterocycles. The van der Waals surface area contributed by atoms with Gasteiger partial charge in [0, 0.05) is 31.7 Å². The summed E-state index contributed by atoms with van der Waals surface area (Å²) < 4.78 is 31.1. The van der Waals surface area contributed by atoms with Gasteiger partial charge >= 0.3 is 6.61 Å². The van der Waals surface area contributed by atoms with Crippen LogP contribution in [0.4, 0.5) is 14.6 Å². The number of anilines is 1. The Morgan fingerprint density at radius 3 is 2.68 bits per heavy atom. The maximum atomic E-state index is 12.5. The van der Waals surface area contributed by atoms with Crippen molar-refractivity contribution in [1.29, 1.82) is 5.26 Å². The van der Waals surface area contributed by atoms with Gasteiger partial charge in [-0.2, -0.15) is 19.1 Å². The Kier molecular flexibility index (Phi) is 6.79. The van der Waals surface area contributed by atoms with Crippen LogP contribution in [0.2, 0.25) is 0 Å². The Balaban J connectivity index is 1.48. The minimum Gasteiger partial charge on any atom is -0.435 e. The molecule has 0 spiro atoms. The highest BCUT2D eigenvalue weighted by molar-refractivity contribution is 6.02. The molecule has 0 radical (unpaired) electrons. The molecule has 2 aliphatic rings. The van der Waals surface area contributed by atoms with E-state index in [1.807, 2.05) is 6.07 Å². The first-order chi connectivity index (χ1) is 16.3. The van der Waals surface area contributed by atoms with Crippen molar-refractivity contribution in [3.8, 4) is 11.8 Å². The molecule has 9 nitrogen and oxygen atoms in total. The molecular weight excluding hydrogens is 446 g/mol. The van der Waals surface area contributed by atoms with E-state index in [0.29, 0.717) is 32.5 Å². The lowest BCUT2D eigenvalue weighted by molar-refractivity contribution is -0.117. The van der Waals surface area contributed by atoms with Gasteiger partial charge in [-0.1, -0.05) is 12.1 Å². The van der Waals surface area contributed by atoms with Crippen LogP contribution in [0.25, 0.3) is 0 Å². The summed E-state index contributed by atoms with van der Waals surface area (Å²) in [5, 5.41) is 16.7. The van der Waals surface area contributed by atoms with E-state index in [-0.39, 0.29) is 35.4 Å². The lowest BCUT2D eigenvalue weighted by atomic mass is 9.84. The fourth-order valence-corrected chi connectivity index (χ4v) is 4.29. The summed E-state index contributed by atoms with van der Waals surface area (Å²) in [4.78, 5) is 26.4. The van der Waals surface area contributed by atoms with Gasteiger partial charge in [-0.05, 0) is 43.4 Å². The molecule has 1 saturated heterocycles. The van der Waals surface area contributed by atoms with Crippen molar-refractivity contribution in [3.63, 3.8) is 0 Å². The summed E-state index contributed by atoms with van der Waals surface area (Å²) in [7, 11) is 0. The number of ether oxygens (including phenoxy) is 1. The molecule has 3 N–H and O–H groups in total. The van der Waals surface area contributed by atoms with E-state index in [4.69, 9.17) is 5.73 Å². The number of halogens is 2. The summed E-state index contributed by atoms with van der Waals surface area (Å²) in [6, 6.07) is 8.81. The number of rotatable bonds is 9. The van der Waals surface area contributed by atoms with Crippen molar-refractivity contribution in [2.24, 2.45) is 11.7 Å². The molecule has 1 aliphatic heterocycles. The van der Waals surface area contributed by atoms with Gasteiger partial charge in [-0.25, -0.2) is 0 Å². The molecule has 1 saturated carbocycles. The van der Waals surface area contributed by atoms with Crippen molar-refractivity contribution in [3.05, 3.63) is 41.6 Å². The molecule has 2 amide bonds. The van der Waals surface area contributed by atoms with Crippen LogP contribution >= 0.6 is 0 Å². The van der Waals surface area contributed by atoms with Crippen LogP contribution in [0.5, 0.6) is 5.75 Å². The fraction of sp³-hybridized carbons (Fsp3) is 0.478. The number of alkyl halides is 2. The molecule has 34 heavy (non-hydrogen) atoms. The molecule has 4 rings (SSSR count). The van der Waals surface area contributed by atoms with Gasteiger partial charge in [0.05, 0.1) is 18.0 Å². The molecule has 11 heteroatoms. The number of nitrogens with zero attached hydrogens (tertiary/aromatic N) is 4. The normalized spacial score (nSPS) is 17.8. The summed E-state index contributed by atoms with van der Waals surface area (Å²) in [5.41, 5.74) is 5.82. The Hall–Kier alpha value is -3.52. The topological polar surface area (TPSA) is 126 Å². The summed E-state index contributed by atoms with van der Waals surface area (Å²) in [5.74, 6) is -0.714. The third kappa shape index (κ3) is 5.34. The second-order valence-corrected chi connectivity index (χ2v) is 8.83. The molecule has 0 unspecified atom stereocenters. The molecule has 2 fully saturated rings. The maximum Gasteiger partial charge on any atom is 0.387 e. The monoisotopic (exact) mass is 472 g/mol. The van der Waals surface area contributed by atoms with E-state index >= 15 is 0 Å². The maximum absolute atomic E-state index is 12.5. The number of nitrogens with two attached hydrogens (primary N) is 1. The van der Waals surface area contributed by atoms with Gasteiger partial charge in [0.15, 0.2) is 5.82 Å². The highest BCUT2D eigenvalue weighted by Crippen LogP contribution is 2.36. The van der Waals surface area contributed by atoms with Gasteiger partial charge < -0.3 is 15.8 Å². The van der Waals surface area contributed by atoms with Gasteiger partial charge in [0.25, 0.3) is 5.91 Å². The minimum absolute atomic E-state index is 0.0632. The van der Waals surface area contributed by atoms with E-state index < -0.39 is 18.1 Å². The van der Waals surface area contributed by atoms with Crippen molar-refractivity contribution in [2.45, 2.75) is 50.8 Å². The first-order valence-corrected chi connectivity index (χ1v) is 11.1. The zero-order valence-corrected chi connectivity index (χ0v) is 18.5. The average molecular weight is 472 g/mol. The van der Waals surface area contributed by atoms with Crippen LogP contribution in [-0.4, -0.2) is 46.2 Å². The second kappa shape index (κ2) is 9.77. The molecule has 2 aromatic rings. The quantitative estimate of drug-likeness (QED) is 0.578. The van der Waals surface area contributed by atoms with Gasteiger partial charge in [-0.15, -0.1) is 0 Å². The van der Waals surface area contributed by atoms with Crippen LogP contribution < -0.4 is 15.8 Å². The predicted octanol–water partition coefficient (Wildman–Crippen LogP) is 2.84. The Labute approximate surface area is 195 Å². The lowest BCUT2D eigenvalue weighted by Crippen LogP contribution is -2.46. The summed E-state index contributed by atoms with van der Waals surface area (Å²) >= 11 is 0. The number of piperidine rings is 1. The smallest absolute Gasteiger partial charge is 0.387 e. The number of carbonyl (C=O) groups is 2. The number of carbonyl (C=O) groups excluding carboxylic acids is 2. The Morgan fingerprint density at radius 2 is 2.06 bits per heavy atom. The second-order valence-electron chi connectivity index (χ2n) is 8.83. The van der Waals surface area contributed by atoms with Crippen LogP contribution in [-0.2, 0) is 16.9 Å². The highest BCUT2D eigenvalue weighted by atomic mass is 19.3. The van der Waals surface area contributed by atoms with Crippen LogP contribution in [0.1, 0.15) is 48.0 Å². The van der Waals surface area contributed by atoms with Crippen LogP contribution in [0.3, 0.4) is 0 Å². The zero-order valence-electron chi connectivity index (χ0n) is 18.5. The van der Waals surface area contributed by atoms with E-state index in [1.54, 1.807) is 16.8 Å². The van der Waals surface area contributed by atoms with Gasteiger partial charge in [0.1, 0.15) is 11.3 Å². The largest absolute Gasteiger partial charge is 0.435 e. The molecule has 180 valence electrons. The SMILES string of the molecule is N#CCC1(n2cc(C(N)=O)c(NC(=O)C3CC3)n2)CCN(Cc2cccc(OC(F)F)c2)CC1. The predicted molar refractivity (Wildman–Crippen MR) is 118 cm³/mol. The molecule has 1 aromatic carbocycles. The number of hydrogen-bond acceptors (Lipinski definition) is 6. The van der Waals surface area contributed by atoms with Gasteiger partial charge in [0.2, 0.25) is 5.91 Å². The molecular formula is C23H26F2N6O3. The third-order valence-corrected chi connectivity index (χ3v) is 6.38. The van der Waals surface area contributed by atoms with E-state index in [2.05, 4.69) is 26.1 Å². The lowest BCUT2D eigenvalue weighted by Gasteiger charge is -2.40.